The Morgan fingerprint density at radius 3 is 1.72 bits per heavy atom. The molecule has 0 fully saturated rings. The van der Waals surface area contributed by atoms with Crippen LogP contribution in [0.5, 0.6) is 0 Å². The summed E-state index contributed by atoms with van der Waals surface area (Å²) in [4.78, 5) is 59.7. The van der Waals surface area contributed by atoms with Crippen LogP contribution in [0.25, 0.3) is 0 Å². The number of anilines is 2. The van der Waals surface area contributed by atoms with Crippen LogP contribution in [0.3, 0.4) is 0 Å². The molecule has 2 N–H and O–H groups in total. The first kappa shape index (κ1) is 24.0. The first-order chi connectivity index (χ1) is 15.1. The molecule has 0 atom stereocenters. The first-order valence-corrected chi connectivity index (χ1v) is 9.38. The van der Waals surface area contributed by atoms with Crippen LogP contribution in [0.1, 0.15) is 44.9 Å². The van der Waals surface area contributed by atoms with E-state index in [1.165, 1.54) is 46.3 Å². The summed E-state index contributed by atoms with van der Waals surface area (Å²) in [5.74, 6) is -2.67. The molecule has 0 saturated heterocycles. The summed E-state index contributed by atoms with van der Waals surface area (Å²) in [6, 6.07) is 10.2. The highest BCUT2D eigenvalue weighted by atomic mass is 16.5. The summed E-state index contributed by atoms with van der Waals surface area (Å²) < 4.78 is 9.31. The Morgan fingerprint density at radius 1 is 0.719 bits per heavy atom. The lowest BCUT2D eigenvalue weighted by Crippen LogP contribution is -2.17. The van der Waals surface area contributed by atoms with E-state index in [9.17, 15) is 24.0 Å². The van der Waals surface area contributed by atoms with Gasteiger partial charge >= 0.3 is 11.9 Å². The van der Waals surface area contributed by atoms with Crippen molar-refractivity contribution in [3.8, 4) is 0 Å². The van der Waals surface area contributed by atoms with E-state index >= 15 is 0 Å². The summed E-state index contributed by atoms with van der Waals surface area (Å²) in [6.07, 6.45) is 1.10. The summed E-state index contributed by atoms with van der Waals surface area (Å²) in [5, 5.41) is 5.12. The standard InChI is InChI=1S/C23H22N2O7/c1-13(9-20(27)24-18-7-5-15(6-8-18)14(2)26)21(28)25-19-11-16(22(29)31-3)10-17(12-19)23(30)32-4/h5-12H,1-4H3,(H,24,27)(H,25,28)/b13-9-. The number of amides is 2. The molecule has 2 amide bonds. The van der Waals surface area contributed by atoms with Gasteiger partial charge in [0, 0.05) is 28.6 Å². The van der Waals surface area contributed by atoms with Crippen LogP contribution < -0.4 is 10.6 Å². The third kappa shape index (κ3) is 6.36. The fourth-order valence-electron chi connectivity index (χ4n) is 2.63. The van der Waals surface area contributed by atoms with E-state index < -0.39 is 23.8 Å². The van der Waals surface area contributed by atoms with Crippen molar-refractivity contribution >= 4 is 40.9 Å². The van der Waals surface area contributed by atoms with Crippen molar-refractivity contribution in [1.29, 1.82) is 0 Å². The van der Waals surface area contributed by atoms with Gasteiger partial charge in [-0.3, -0.25) is 14.4 Å². The van der Waals surface area contributed by atoms with Gasteiger partial charge in [-0.05, 0) is 56.3 Å². The van der Waals surface area contributed by atoms with Crippen molar-refractivity contribution in [3.63, 3.8) is 0 Å². The molecular formula is C23H22N2O7. The summed E-state index contributed by atoms with van der Waals surface area (Å²) >= 11 is 0. The molecule has 0 radical (unpaired) electrons. The Morgan fingerprint density at radius 2 is 1.25 bits per heavy atom. The van der Waals surface area contributed by atoms with E-state index in [2.05, 4.69) is 20.1 Å². The molecule has 0 aliphatic carbocycles. The SMILES string of the molecule is COC(=O)c1cc(NC(=O)/C(C)=C\C(=O)Nc2ccc(C(C)=O)cc2)cc(C(=O)OC)c1. The van der Waals surface area contributed by atoms with E-state index in [4.69, 9.17) is 0 Å². The average Bonchev–Trinajstić information content (AvgIpc) is 2.77. The minimum absolute atomic E-state index is 0.0408. The molecule has 32 heavy (non-hydrogen) atoms. The van der Waals surface area contributed by atoms with Crippen LogP contribution in [0.2, 0.25) is 0 Å². The molecule has 2 rings (SSSR count). The third-order valence-corrected chi connectivity index (χ3v) is 4.30. The summed E-state index contributed by atoms with van der Waals surface area (Å²) in [6.45, 7) is 2.87. The van der Waals surface area contributed by atoms with Gasteiger partial charge in [0.25, 0.3) is 5.91 Å². The van der Waals surface area contributed by atoms with Crippen LogP contribution in [0.4, 0.5) is 11.4 Å². The fourth-order valence-corrected chi connectivity index (χ4v) is 2.63. The first-order valence-electron chi connectivity index (χ1n) is 9.38. The molecule has 2 aromatic carbocycles. The zero-order valence-corrected chi connectivity index (χ0v) is 18.0. The third-order valence-electron chi connectivity index (χ3n) is 4.30. The summed E-state index contributed by atoms with van der Waals surface area (Å²) in [7, 11) is 2.37. The number of carbonyl (C=O) groups is 5. The van der Waals surface area contributed by atoms with Gasteiger partial charge in [0.2, 0.25) is 5.91 Å². The van der Waals surface area contributed by atoms with Gasteiger partial charge in [0.15, 0.2) is 5.78 Å². The van der Waals surface area contributed by atoms with Crippen molar-refractivity contribution < 1.29 is 33.4 Å². The molecule has 0 aromatic heterocycles. The molecule has 0 bridgehead atoms. The highest BCUT2D eigenvalue weighted by Gasteiger charge is 2.16. The van der Waals surface area contributed by atoms with Crippen molar-refractivity contribution in [3.05, 3.63) is 70.8 Å². The van der Waals surface area contributed by atoms with Gasteiger partial charge in [0.05, 0.1) is 25.3 Å². The predicted octanol–water partition coefficient (Wildman–Crippen LogP) is 2.99. The lowest BCUT2D eigenvalue weighted by atomic mass is 10.1. The Hall–Kier alpha value is -4.27. The number of hydrogen-bond acceptors (Lipinski definition) is 7. The smallest absolute Gasteiger partial charge is 0.337 e. The number of rotatable bonds is 7. The van der Waals surface area contributed by atoms with Gasteiger partial charge in [0.1, 0.15) is 0 Å². The highest BCUT2D eigenvalue weighted by Crippen LogP contribution is 2.18. The number of carbonyl (C=O) groups excluding carboxylic acids is 5. The zero-order chi connectivity index (χ0) is 23.8. The van der Waals surface area contributed by atoms with Gasteiger partial charge in [-0.25, -0.2) is 9.59 Å². The second-order valence-electron chi connectivity index (χ2n) is 6.69. The Labute approximate surface area is 184 Å². The maximum Gasteiger partial charge on any atom is 0.337 e. The number of ether oxygens (including phenoxy) is 2. The molecule has 0 saturated carbocycles. The maximum absolute atomic E-state index is 12.5. The molecule has 166 valence electrons. The van der Waals surface area contributed by atoms with E-state index in [1.54, 1.807) is 24.3 Å². The molecule has 0 unspecified atom stereocenters. The van der Waals surface area contributed by atoms with E-state index in [1.807, 2.05) is 0 Å². The quantitative estimate of drug-likeness (QED) is 0.386. The summed E-state index contributed by atoms with van der Waals surface area (Å²) in [5.41, 5.74) is 1.27. The molecule has 2 aromatic rings. The lowest BCUT2D eigenvalue weighted by molar-refractivity contribution is -0.114. The number of nitrogens with one attached hydrogen (secondary N) is 2. The number of ketones is 1. The number of Topliss-reactive ketones (excluding diaryl/α,β-unsaturated/α-hetero) is 1. The topological polar surface area (TPSA) is 128 Å². The van der Waals surface area contributed by atoms with Crippen LogP contribution in [-0.4, -0.2) is 43.8 Å². The Kier molecular flexibility index (Phi) is 8.00. The van der Waals surface area contributed by atoms with Crippen LogP contribution in [0, 0.1) is 0 Å². The number of hydrogen-bond donors (Lipinski definition) is 2. The number of benzene rings is 2. The van der Waals surface area contributed by atoms with Crippen LogP contribution in [0.15, 0.2) is 54.1 Å². The van der Waals surface area contributed by atoms with Gasteiger partial charge < -0.3 is 20.1 Å². The second-order valence-corrected chi connectivity index (χ2v) is 6.69. The molecule has 0 heterocycles. The minimum Gasteiger partial charge on any atom is -0.465 e. The van der Waals surface area contributed by atoms with Gasteiger partial charge in [-0.2, -0.15) is 0 Å². The van der Waals surface area contributed by atoms with Crippen molar-refractivity contribution in [2.75, 3.05) is 24.9 Å². The largest absolute Gasteiger partial charge is 0.465 e. The fraction of sp³-hybridized carbons (Fsp3) is 0.174. The molecule has 0 spiro atoms. The average molecular weight is 438 g/mol. The van der Waals surface area contributed by atoms with Crippen molar-refractivity contribution in [2.45, 2.75) is 13.8 Å². The molecule has 9 heteroatoms. The van der Waals surface area contributed by atoms with Crippen LogP contribution in [-0.2, 0) is 19.1 Å². The zero-order valence-electron chi connectivity index (χ0n) is 18.0. The molecular weight excluding hydrogens is 416 g/mol. The van der Waals surface area contributed by atoms with E-state index in [-0.39, 0.29) is 28.2 Å². The Balaban J connectivity index is 2.15. The van der Waals surface area contributed by atoms with Crippen LogP contribution >= 0.6 is 0 Å². The van der Waals surface area contributed by atoms with Crippen molar-refractivity contribution in [1.82, 2.24) is 0 Å². The molecule has 0 aliphatic heterocycles. The second kappa shape index (κ2) is 10.7. The number of methoxy groups -OCH3 is 2. The van der Waals surface area contributed by atoms with E-state index in [0.29, 0.717) is 11.3 Å². The van der Waals surface area contributed by atoms with E-state index in [0.717, 1.165) is 6.08 Å². The van der Waals surface area contributed by atoms with Crippen molar-refractivity contribution in [2.24, 2.45) is 0 Å². The monoisotopic (exact) mass is 438 g/mol. The minimum atomic E-state index is -0.700. The maximum atomic E-state index is 12.5. The predicted molar refractivity (Wildman–Crippen MR) is 117 cm³/mol. The molecule has 9 nitrogen and oxygen atoms in total. The normalized spacial score (nSPS) is 10.7. The Bertz CT molecular complexity index is 1070. The highest BCUT2D eigenvalue weighted by molar-refractivity contribution is 6.10. The lowest BCUT2D eigenvalue weighted by Gasteiger charge is -2.10. The number of esters is 2. The van der Waals surface area contributed by atoms with Gasteiger partial charge in [-0.15, -0.1) is 0 Å². The van der Waals surface area contributed by atoms with Gasteiger partial charge in [-0.1, -0.05) is 0 Å². The molecule has 0 aliphatic rings.